The van der Waals surface area contributed by atoms with Crippen molar-refractivity contribution in [2.75, 3.05) is 6.61 Å². The first-order valence-electron chi connectivity index (χ1n) is 6.25. The van der Waals surface area contributed by atoms with Crippen LogP contribution in [0.15, 0.2) is 28.2 Å². The van der Waals surface area contributed by atoms with Gasteiger partial charge in [0, 0.05) is 20.8 Å². The SMILES string of the molecule is CCOC(=O)c1cc([N+](=O)[O-])cnc1/C=C/c1cc(Br)cs1. The van der Waals surface area contributed by atoms with Crippen LogP contribution in [0, 0.1) is 10.1 Å². The highest BCUT2D eigenvalue weighted by Gasteiger charge is 2.17. The number of thiophene rings is 1. The predicted molar refractivity (Wildman–Crippen MR) is 87.8 cm³/mol. The van der Waals surface area contributed by atoms with E-state index in [-0.39, 0.29) is 17.9 Å². The van der Waals surface area contributed by atoms with Crippen molar-refractivity contribution < 1.29 is 14.5 Å². The normalized spacial score (nSPS) is 10.8. The maximum Gasteiger partial charge on any atom is 0.340 e. The molecule has 6 nitrogen and oxygen atoms in total. The van der Waals surface area contributed by atoms with E-state index >= 15 is 0 Å². The second-order valence-corrected chi connectivity index (χ2v) is 5.96. The van der Waals surface area contributed by atoms with Gasteiger partial charge < -0.3 is 4.74 Å². The van der Waals surface area contributed by atoms with E-state index in [1.165, 1.54) is 17.4 Å². The molecule has 2 heterocycles. The van der Waals surface area contributed by atoms with Crippen LogP contribution >= 0.6 is 27.3 Å². The Balaban J connectivity index is 2.38. The Bertz CT molecular complexity index is 742. The zero-order valence-corrected chi connectivity index (χ0v) is 13.9. The van der Waals surface area contributed by atoms with Crippen molar-refractivity contribution in [2.45, 2.75) is 6.92 Å². The van der Waals surface area contributed by atoms with Crippen molar-refractivity contribution in [3.63, 3.8) is 0 Å². The lowest BCUT2D eigenvalue weighted by molar-refractivity contribution is -0.385. The molecule has 0 radical (unpaired) electrons. The van der Waals surface area contributed by atoms with Gasteiger partial charge in [0.05, 0.1) is 22.8 Å². The molecule has 0 aliphatic rings. The fourth-order valence-corrected chi connectivity index (χ4v) is 2.98. The molecule has 0 atom stereocenters. The highest BCUT2D eigenvalue weighted by molar-refractivity contribution is 9.10. The summed E-state index contributed by atoms with van der Waals surface area (Å²) in [5.74, 6) is -0.634. The van der Waals surface area contributed by atoms with Crippen LogP contribution in [0.2, 0.25) is 0 Å². The number of halogens is 1. The second-order valence-electron chi connectivity index (χ2n) is 4.10. The van der Waals surface area contributed by atoms with E-state index in [4.69, 9.17) is 4.74 Å². The van der Waals surface area contributed by atoms with Gasteiger partial charge in [0.25, 0.3) is 5.69 Å². The maximum atomic E-state index is 11.9. The van der Waals surface area contributed by atoms with Gasteiger partial charge in [-0.15, -0.1) is 11.3 Å². The number of hydrogen-bond donors (Lipinski definition) is 0. The molecule has 22 heavy (non-hydrogen) atoms. The lowest BCUT2D eigenvalue weighted by Gasteiger charge is -2.04. The first-order valence-corrected chi connectivity index (χ1v) is 7.92. The smallest absolute Gasteiger partial charge is 0.340 e. The predicted octanol–water partition coefficient (Wildman–Crippen LogP) is 4.16. The van der Waals surface area contributed by atoms with Crippen LogP contribution in [0.1, 0.15) is 27.9 Å². The van der Waals surface area contributed by atoms with Crippen LogP contribution in [-0.4, -0.2) is 22.5 Å². The molecular formula is C14H11BrN2O4S. The van der Waals surface area contributed by atoms with Crippen LogP contribution < -0.4 is 0 Å². The van der Waals surface area contributed by atoms with Gasteiger partial charge in [0.1, 0.15) is 6.20 Å². The number of hydrogen-bond acceptors (Lipinski definition) is 6. The molecule has 0 fully saturated rings. The minimum Gasteiger partial charge on any atom is -0.462 e. The molecule has 2 aromatic rings. The average molecular weight is 383 g/mol. The third-order valence-corrected chi connectivity index (χ3v) is 4.26. The summed E-state index contributed by atoms with van der Waals surface area (Å²) in [5.41, 5.74) is 0.149. The molecule has 0 saturated carbocycles. The van der Waals surface area contributed by atoms with Crippen molar-refractivity contribution in [1.29, 1.82) is 0 Å². The van der Waals surface area contributed by atoms with Crippen molar-refractivity contribution in [3.05, 3.63) is 54.4 Å². The van der Waals surface area contributed by atoms with E-state index in [2.05, 4.69) is 20.9 Å². The summed E-state index contributed by atoms with van der Waals surface area (Å²) in [4.78, 5) is 27.1. The van der Waals surface area contributed by atoms with Crippen LogP contribution in [0.5, 0.6) is 0 Å². The number of carbonyl (C=O) groups is 1. The monoisotopic (exact) mass is 382 g/mol. The van der Waals surface area contributed by atoms with E-state index in [9.17, 15) is 14.9 Å². The van der Waals surface area contributed by atoms with Crippen LogP contribution in [0.25, 0.3) is 12.2 Å². The molecule has 2 aromatic heterocycles. The zero-order chi connectivity index (χ0) is 16.1. The Hall–Kier alpha value is -2.06. The molecular weight excluding hydrogens is 372 g/mol. The van der Waals surface area contributed by atoms with E-state index in [1.807, 2.05) is 11.4 Å². The minimum absolute atomic E-state index is 0.0721. The molecule has 0 spiro atoms. The lowest BCUT2D eigenvalue weighted by Crippen LogP contribution is -2.08. The Labute approximate surface area is 138 Å². The molecule has 0 aliphatic carbocycles. The van der Waals surface area contributed by atoms with Crippen LogP contribution in [0.4, 0.5) is 5.69 Å². The van der Waals surface area contributed by atoms with Gasteiger partial charge in [-0.2, -0.15) is 0 Å². The Morgan fingerprint density at radius 1 is 1.50 bits per heavy atom. The van der Waals surface area contributed by atoms with E-state index < -0.39 is 10.9 Å². The fraction of sp³-hybridized carbons (Fsp3) is 0.143. The van der Waals surface area contributed by atoms with Gasteiger partial charge in [0.2, 0.25) is 0 Å². The summed E-state index contributed by atoms with van der Waals surface area (Å²) in [6, 6.07) is 3.09. The molecule has 0 bridgehead atoms. The summed E-state index contributed by atoms with van der Waals surface area (Å²) in [6.07, 6.45) is 4.54. The van der Waals surface area contributed by atoms with Gasteiger partial charge >= 0.3 is 5.97 Å². The topological polar surface area (TPSA) is 82.3 Å². The summed E-state index contributed by atoms with van der Waals surface area (Å²) in [7, 11) is 0. The summed E-state index contributed by atoms with van der Waals surface area (Å²) in [6.45, 7) is 1.85. The van der Waals surface area contributed by atoms with Crippen molar-refractivity contribution in [2.24, 2.45) is 0 Å². The summed E-state index contributed by atoms with van der Waals surface area (Å²) in [5, 5.41) is 12.7. The molecule has 114 valence electrons. The third-order valence-electron chi connectivity index (χ3n) is 2.60. The van der Waals surface area contributed by atoms with Crippen molar-refractivity contribution >= 4 is 51.1 Å². The summed E-state index contributed by atoms with van der Waals surface area (Å²) < 4.78 is 5.88. The quantitative estimate of drug-likeness (QED) is 0.440. The molecule has 0 aromatic carbocycles. The minimum atomic E-state index is -0.634. The van der Waals surface area contributed by atoms with E-state index in [0.717, 1.165) is 15.5 Å². The van der Waals surface area contributed by atoms with E-state index in [1.54, 1.807) is 19.1 Å². The van der Waals surface area contributed by atoms with Gasteiger partial charge in [-0.05, 0) is 41.1 Å². The number of esters is 1. The average Bonchev–Trinajstić information content (AvgIpc) is 2.90. The highest BCUT2D eigenvalue weighted by Crippen LogP contribution is 2.23. The number of ether oxygens (including phenoxy) is 1. The van der Waals surface area contributed by atoms with Crippen LogP contribution in [0.3, 0.4) is 0 Å². The van der Waals surface area contributed by atoms with Gasteiger partial charge in [-0.1, -0.05) is 0 Å². The third kappa shape index (κ3) is 3.99. The van der Waals surface area contributed by atoms with Gasteiger partial charge in [-0.3, -0.25) is 10.1 Å². The second kappa shape index (κ2) is 7.28. The molecule has 8 heteroatoms. The van der Waals surface area contributed by atoms with Crippen LogP contribution in [-0.2, 0) is 4.74 Å². The molecule has 0 amide bonds. The molecule has 0 unspecified atom stereocenters. The lowest BCUT2D eigenvalue weighted by atomic mass is 10.1. The first kappa shape index (κ1) is 16.3. The number of pyridine rings is 1. The van der Waals surface area contributed by atoms with Crippen molar-refractivity contribution in [3.8, 4) is 0 Å². The molecule has 2 rings (SSSR count). The van der Waals surface area contributed by atoms with Gasteiger partial charge in [0.15, 0.2) is 0 Å². The molecule has 0 aliphatic heterocycles. The fourth-order valence-electron chi connectivity index (χ4n) is 1.65. The Morgan fingerprint density at radius 3 is 2.86 bits per heavy atom. The highest BCUT2D eigenvalue weighted by atomic mass is 79.9. The number of rotatable bonds is 5. The first-order chi connectivity index (χ1) is 10.5. The number of nitrogens with zero attached hydrogens (tertiary/aromatic N) is 2. The maximum absolute atomic E-state index is 11.9. The van der Waals surface area contributed by atoms with Gasteiger partial charge in [-0.25, -0.2) is 9.78 Å². The standard InChI is InChI=1S/C14H11BrN2O4S/c1-2-21-14(18)12-6-10(17(19)20)7-16-13(12)4-3-11-5-9(15)8-22-11/h3-8H,2H2,1H3/b4-3+. The Kier molecular flexibility index (Phi) is 5.40. The summed E-state index contributed by atoms with van der Waals surface area (Å²) >= 11 is 4.87. The largest absolute Gasteiger partial charge is 0.462 e. The number of aromatic nitrogens is 1. The number of nitro groups is 1. The molecule has 0 saturated heterocycles. The van der Waals surface area contributed by atoms with Crippen molar-refractivity contribution in [1.82, 2.24) is 4.98 Å². The van der Waals surface area contributed by atoms with E-state index in [0.29, 0.717) is 5.69 Å². The molecule has 0 N–H and O–H groups in total. The Morgan fingerprint density at radius 2 is 2.27 bits per heavy atom. The number of carbonyl (C=O) groups excluding carboxylic acids is 1. The zero-order valence-electron chi connectivity index (χ0n) is 11.5.